The van der Waals surface area contributed by atoms with Crippen LogP contribution in [0.2, 0.25) is 0 Å². The number of amides is 2. The first-order chi connectivity index (χ1) is 7.41. The molecule has 0 heterocycles. The number of hydrazone groups is 1. The van der Waals surface area contributed by atoms with Gasteiger partial charge in [-0.1, -0.05) is 17.7 Å². The number of primary amides is 1. The molecule has 2 amide bonds. The van der Waals surface area contributed by atoms with E-state index in [1.54, 1.807) is 0 Å². The van der Waals surface area contributed by atoms with E-state index in [0.717, 1.165) is 22.4 Å². The largest absolute Gasteiger partial charge is 0.350 e. The van der Waals surface area contributed by atoms with Gasteiger partial charge in [-0.3, -0.25) is 0 Å². The molecule has 0 unspecified atom stereocenters. The van der Waals surface area contributed by atoms with Crippen LogP contribution in [0, 0.1) is 20.8 Å². The topological polar surface area (TPSA) is 67.5 Å². The van der Waals surface area contributed by atoms with Gasteiger partial charge in [-0.05, 0) is 38.8 Å². The molecule has 0 spiro atoms. The van der Waals surface area contributed by atoms with E-state index in [-0.39, 0.29) is 0 Å². The van der Waals surface area contributed by atoms with Crippen molar-refractivity contribution in [1.82, 2.24) is 5.43 Å². The first-order valence-corrected chi connectivity index (χ1v) is 5.09. The number of hydrogen-bond acceptors (Lipinski definition) is 2. The number of aryl methyl sites for hydroxylation is 3. The lowest BCUT2D eigenvalue weighted by molar-refractivity contribution is 0.249. The second-order valence-electron chi connectivity index (χ2n) is 3.95. The van der Waals surface area contributed by atoms with Crippen molar-refractivity contribution in [2.45, 2.75) is 27.7 Å². The Labute approximate surface area is 95.5 Å². The highest BCUT2D eigenvalue weighted by Gasteiger charge is 2.07. The average Bonchev–Trinajstić information content (AvgIpc) is 2.12. The molecule has 4 nitrogen and oxygen atoms in total. The molecular weight excluding hydrogens is 202 g/mol. The molecule has 1 aromatic carbocycles. The summed E-state index contributed by atoms with van der Waals surface area (Å²) in [6.07, 6.45) is 0. The van der Waals surface area contributed by atoms with Crippen LogP contribution in [0.1, 0.15) is 29.2 Å². The lowest BCUT2D eigenvalue weighted by Gasteiger charge is -2.10. The lowest BCUT2D eigenvalue weighted by Crippen LogP contribution is -2.25. The maximum Gasteiger partial charge on any atom is 0.332 e. The molecule has 0 saturated carbocycles. The second kappa shape index (κ2) is 4.79. The molecule has 86 valence electrons. The van der Waals surface area contributed by atoms with Gasteiger partial charge in [0.2, 0.25) is 0 Å². The first kappa shape index (κ1) is 12.2. The number of carbonyl (C=O) groups is 1. The van der Waals surface area contributed by atoms with E-state index >= 15 is 0 Å². The Balaban J connectivity index is 3.13. The van der Waals surface area contributed by atoms with Crippen LogP contribution in [0.15, 0.2) is 17.2 Å². The molecule has 0 fully saturated rings. The SMILES string of the molecule is C/C(=N/NC(N)=O)c1c(C)cc(C)cc1C. The smallest absolute Gasteiger partial charge is 0.332 e. The molecule has 0 aromatic heterocycles. The molecular formula is C12H17N3O. The Kier molecular flexibility index (Phi) is 3.66. The summed E-state index contributed by atoms with van der Waals surface area (Å²) in [6, 6.07) is 3.53. The highest BCUT2D eigenvalue weighted by molar-refractivity contribution is 6.01. The van der Waals surface area contributed by atoms with E-state index in [1.807, 2.05) is 20.8 Å². The fourth-order valence-electron chi connectivity index (χ4n) is 1.95. The van der Waals surface area contributed by atoms with Crippen LogP contribution in [0.4, 0.5) is 4.79 Å². The van der Waals surface area contributed by atoms with Gasteiger partial charge < -0.3 is 5.73 Å². The van der Waals surface area contributed by atoms with Gasteiger partial charge >= 0.3 is 6.03 Å². The number of carbonyl (C=O) groups excluding carboxylic acids is 1. The predicted octanol–water partition coefficient (Wildman–Crippen LogP) is 2.00. The highest BCUT2D eigenvalue weighted by Crippen LogP contribution is 2.17. The zero-order valence-electron chi connectivity index (χ0n) is 10.1. The second-order valence-corrected chi connectivity index (χ2v) is 3.95. The third kappa shape index (κ3) is 2.82. The van der Waals surface area contributed by atoms with Crippen LogP contribution >= 0.6 is 0 Å². The molecule has 0 atom stereocenters. The van der Waals surface area contributed by atoms with Gasteiger partial charge in [-0.15, -0.1) is 0 Å². The van der Waals surface area contributed by atoms with Crippen molar-refractivity contribution in [2.24, 2.45) is 10.8 Å². The Hall–Kier alpha value is -1.84. The number of nitrogens with zero attached hydrogens (tertiary/aromatic N) is 1. The average molecular weight is 219 g/mol. The maximum absolute atomic E-state index is 10.6. The highest BCUT2D eigenvalue weighted by atomic mass is 16.2. The van der Waals surface area contributed by atoms with Crippen LogP contribution < -0.4 is 11.2 Å². The minimum atomic E-state index is -0.651. The van der Waals surface area contributed by atoms with Gasteiger partial charge in [0.25, 0.3) is 0 Å². The molecule has 0 aliphatic heterocycles. The van der Waals surface area contributed by atoms with E-state index in [4.69, 9.17) is 5.73 Å². The van der Waals surface area contributed by atoms with Crippen LogP contribution in [-0.2, 0) is 0 Å². The first-order valence-electron chi connectivity index (χ1n) is 5.09. The molecule has 1 rings (SSSR count). The fourth-order valence-corrected chi connectivity index (χ4v) is 1.95. The number of nitrogens with two attached hydrogens (primary N) is 1. The summed E-state index contributed by atoms with van der Waals surface area (Å²) in [6.45, 7) is 7.95. The van der Waals surface area contributed by atoms with Crippen LogP contribution in [0.3, 0.4) is 0 Å². The van der Waals surface area contributed by atoms with Crippen molar-refractivity contribution >= 4 is 11.7 Å². The third-order valence-corrected chi connectivity index (χ3v) is 2.37. The van der Waals surface area contributed by atoms with Crippen molar-refractivity contribution in [1.29, 1.82) is 0 Å². The van der Waals surface area contributed by atoms with Gasteiger partial charge in [-0.25, -0.2) is 10.2 Å². The molecule has 0 saturated heterocycles. The summed E-state index contributed by atoms with van der Waals surface area (Å²) in [7, 11) is 0. The summed E-state index contributed by atoms with van der Waals surface area (Å²) >= 11 is 0. The standard InChI is InChI=1S/C12H17N3O/c1-7-5-8(2)11(9(3)6-7)10(4)14-15-12(13)16/h5-6H,1-4H3,(H3,13,15,16)/b14-10-. The Morgan fingerprint density at radius 2 is 1.75 bits per heavy atom. The van der Waals surface area contributed by atoms with E-state index in [1.165, 1.54) is 5.56 Å². The molecule has 4 heteroatoms. The van der Waals surface area contributed by atoms with Crippen LogP contribution in [0.5, 0.6) is 0 Å². The minimum absolute atomic E-state index is 0.651. The number of rotatable bonds is 2. The van der Waals surface area contributed by atoms with Gasteiger partial charge in [0.15, 0.2) is 0 Å². The number of nitrogens with one attached hydrogen (secondary N) is 1. The molecule has 0 radical (unpaired) electrons. The monoisotopic (exact) mass is 219 g/mol. The molecule has 3 N–H and O–H groups in total. The minimum Gasteiger partial charge on any atom is -0.350 e. The normalized spacial score (nSPS) is 11.4. The van der Waals surface area contributed by atoms with Crippen LogP contribution in [0.25, 0.3) is 0 Å². The van der Waals surface area contributed by atoms with E-state index in [9.17, 15) is 4.79 Å². The van der Waals surface area contributed by atoms with Crippen molar-refractivity contribution in [3.05, 3.63) is 34.4 Å². The molecule has 1 aromatic rings. The maximum atomic E-state index is 10.6. The summed E-state index contributed by atoms with van der Waals surface area (Å²) in [5.41, 5.74) is 12.5. The van der Waals surface area contributed by atoms with E-state index in [2.05, 4.69) is 29.6 Å². The lowest BCUT2D eigenvalue weighted by atomic mass is 9.97. The van der Waals surface area contributed by atoms with E-state index < -0.39 is 6.03 Å². The quantitative estimate of drug-likeness (QED) is 0.579. The van der Waals surface area contributed by atoms with Crippen LogP contribution in [-0.4, -0.2) is 11.7 Å². The van der Waals surface area contributed by atoms with Gasteiger partial charge in [0, 0.05) is 5.56 Å². The number of benzene rings is 1. The Morgan fingerprint density at radius 3 is 2.19 bits per heavy atom. The van der Waals surface area contributed by atoms with Gasteiger partial charge in [-0.2, -0.15) is 5.10 Å². The third-order valence-electron chi connectivity index (χ3n) is 2.37. The predicted molar refractivity (Wildman–Crippen MR) is 65.6 cm³/mol. The molecule has 0 aliphatic rings. The van der Waals surface area contributed by atoms with Gasteiger partial charge in [0.05, 0.1) is 5.71 Å². The van der Waals surface area contributed by atoms with Crippen molar-refractivity contribution in [3.8, 4) is 0 Å². The fraction of sp³-hybridized carbons (Fsp3) is 0.333. The molecule has 16 heavy (non-hydrogen) atoms. The summed E-state index contributed by atoms with van der Waals surface area (Å²) in [4.78, 5) is 10.6. The summed E-state index contributed by atoms with van der Waals surface area (Å²) in [5.74, 6) is 0. The van der Waals surface area contributed by atoms with Crippen molar-refractivity contribution in [3.63, 3.8) is 0 Å². The Bertz CT molecular complexity index is 427. The van der Waals surface area contributed by atoms with E-state index in [0.29, 0.717) is 0 Å². The number of urea groups is 1. The summed E-state index contributed by atoms with van der Waals surface area (Å²) in [5, 5.41) is 3.94. The zero-order valence-corrected chi connectivity index (χ0v) is 10.1. The zero-order chi connectivity index (χ0) is 12.3. The molecule has 0 aliphatic carbocycles. The van der Waals surface area contributed by atoms with Gasteiger partial charge in [0.1, 0.15) is 0 Å². The Morgan fingerprint density at radius 1 is 1.25 bits per heavy atom. The molecule has 0 bridgehead atoms. The van der Waals surface area contributed by atoms with Crippen molar-refractivity contribution in [2.75, 3.05) is 0 Å². The summed E-state index contributed by atoms with van der Waals surface area (Å²) < 4.78 is 0. The number of hydrogen-bond donors (Lipinski definition) is 2. The van der Waals surface area contributed by atoms with Crippen molar-refractivity contribution < 1.29 is 4.79 Å².